The molecule has 158 valence electrons. The summed E-state index contributed by atoms with van der Waals surface area (Å²) in [4.78, 5) is 17.6. The maximum atomic E-state index is 12.8. The standard InChI is InChI=1S/C24H23N3O3S/c1-4-29-24(31)21-22(15(2)3)26-27-20(28)14-19(25-23(21)27)16-10-12-18(13-11-16)30-17-8-6-5-7-9-17/h5-15,26H,4H2,1-3H3. The number of thiocarbonyl (C=S) groups is 1. The Morgan fingerprint density at radius 2 is 1.77 bits per heavy atom. The Morgan fingerprint density at radius 3 is 2.42 bits per heavy atom. The zero-order valence-electron chi connectivity index (χ0n) is 17.6. The van der Waals surface area contributed by atoms with Crippen LogP contribution in [0.4, 0.5) is 0 Å². The van der Waals surface area contributed by atoms with Crippen LogP contribution in [-0.4, -0.2) is 26.3 Å². The maximum Gasteiger partial charge on any atom is 0.273 e. The average molecular weight is 434 g/mol. The zero-order chi connectivity index (χ0) is 22.0. The second-order valence-electron chi connectivity index (χ2n) is 7.35. The number of fused-ring (bicyclic) bond motifs is 1. The fourth-order valence-corrected chi connectivity index (χ4v) is 3.66. The first-order valence-electron chi connectivity index (χ1n) is 10.1. The van der Waals surface area contributed by atoms with E-state index in [9.17, 15) is 4.79 Å². The maximum absolute atomic E-state index is 12.8. The number of H-pyrrole nitrogens is 1. The van der Waals surface area contributed by atoms with Gasteiger partial charge in [-0.3, -0.25) is 9.89 Å². The number of nitrogens with one attached hydrogen (secondary N) is 1. The summed E-state index contributed by atoms with van der Waals surface area (Å²) in [6.45, 7) is 6.38. The van der Waals surface area contributed by atoms with Crippen LogP contribution in [0.2, 0.25) is 0 Å². The van der Waals surface area contributed by atoms with Crippen LogP contribution in [0.5, 0.6) is 11.5 Å². The van der Waals surface area contributed by atoms with Gasteiger partial charge in [-0.25, -0.2) is 9.50 Å². The lowest BCUT2D eigenvalue weighted by atomic mass is 10.1. The van der Waals surface area contributed by atoms with E-state index in [0.29, 0.717) is 34.3 Å². The van der Waals surface area contributed by atoms with Gasteiger partial charge in [0.15, 0.2) is 10.7 Å². The Balaban J connectivity index is 1.75. The molecule has 0 aliphatic rings. The highest BCUT2D eigenvalue weighted by Gasteiger charge is 2.22. The molecule has 6 nitrogen and oxygen atoms in total. The van der Waals surface area contributed by atoms with Gasteiger partial charge in [-0.15, -0.1) is 0 Å². The van der Waals surface area contributed by atoms with Crippen LogP contribution in [-0.2, 0) is 4.74 Å². The topological polar surface area (TPSA) is 68.6 Å². The number of hydrogen-bond donors (Lipinski definition) is 1. The number of rotatable bonds is 6. The Hall–Kier alpha value is -3.45. The molecular formula is C24H23N3O3S. The van der Waals surface area contributed by atoms with Gasteiger partial charge >= 0.3 is 0 Å². The Kier molecular flexibility index (Phi) is 5.86. The third-order valence-corrected chi connectivity index (χ3v) is 5.15. The molecule has 0 saturated heterocycles. The minimum absolute atomic E-state index is 0.118. The summed E-state index contributed by atoms with van der Waals surface area (Å²) < 4.78 is 12.9. The predicted octanol–water partition coefficient (Wildman–Crippen LogP) is 5.32. The van der Waals surface area contributed by atoms with Gasteiger partial charge in [0.2, 0.25) is 0 Å². The highest BCUT2D eigenvalue weighted by atomic mass is 32.1. The molecule has 4 aromatic rings. The summed E-state index contributed by atoms with van der Waals surface area (Å²) in [5.41, 5.74) is 3.11. The second-order valence-corrected chi connectivity index (χ2v) is 7.72. The summed E-state index contributed by atoms with van der Waals surface area (Å²) in [5, 5.41) is 3.47. The van der Waals surface area contributed by atoms with Crippen LogP contribution in [0.1, 0.15) is 37.9 Å². The SMILES string of the molecule is CCOC(=S)c1c(C(C)C)[nH]n2c(=O)cc(-c3ccc(Oc4ccccc4)cc3)nc12. The number of benzene rings is 2. The molecule has 2 aromatic carbocycles. The van der Waals surface area contributed by atoms with Crippen LogP contribution >= 0.6 is 12.2 Å². The summed E-state index contributed by atoms with van der Waals surface area (Å²) in [6.07, 6.45) is 0. The number of ether oxygens (including phenoxy) is 2. The molecule has 0 saturated carbocycles. The Bertz CT molecular complexity index is 1280. The number of para-hydroxylation sites is 1. The predicted molar refractivity (Wildman–Crippen MR) is 125 cm³/mol. The van der Waals surface area contributed by atoms with Crippen molar-refractivity contribution >= 4 is 22.9 Å². The van der Waals surface area contributed by atoms with E-state index >= 15 is 0 Å². The number of aromatic amines is 1. The molecular weight excluding hydrogens is 410 g/mol. The van der Waals surface area contributed by atoms with Crippen LogP contribution < -0.4 is 10.3 Å². The smallest absolute Gasteiger partial charge is 0.273 e. The lowest BCUT2D eigenvalue weighted by Gasteiger charge is -2.08. The van der Waals surface area contributed by atoms with Crippen molar-refractivity contribution in [1.82, 2.24) is 14.6 Å². The monoisotopic (exact) mass is 433 g/mol. The zero-order valence-corrected chi connectivity index (χ0v) is 18.4. The van der Waals surface area contributed by atoms with Gasteiger partial charge < -0.3 is 9.47 Å². The minimum atomic E-state index is -0.211. The molecule has 0 radical (unpaired) electrons. The summed E-state index contributed by atoms with van der Waals surface area (Å²) in [7, 11) is 0. The first-order chi connectivity index (χ1) is 15.0. The molecule has 1 N–H and O–H groups in total. The van der Waals surface area contributed by atoms with Crippen LogP contribution in [0.25, 0.3) is 16.9 Å². The van der Waals surface area contributed by atoms with Crippen molar-refractivity contribution in [2.45, 2.75) is 26.7 Å². The molecule has 2 heterocycles. The van der Waals surface area contributed by atoms with Crippen LogP contribution in [0, 0.1) is 0 Å². The number of nitrogens with zero attached hydrogens (tertiary/aromatic N) is 2. The van der Waals surface area contributed by atoms with Crippen LogP contribution in [0.3, 0.4) is 0 Å². The molecule has 7 heteroatoms. The van der Waals surface area contributed by atoms with E-state index in [-0.39, 0.29) is 11.5 Å². The fourth-order valence-electron chi connectivity index (χ4n) is 3.34. The van der Waals surface area contributed by atoms with Crippen molar-refractivity contribution in [2.24, 2.45) is 0 Å². The molecule has 0 atom stereocenters. The van der Waals surface area contributed by atoms with Crippen LogP contribution in [0.15, 0.2) is 65.5 Å². The third-order valence-electron chi connectivity index (χ3n) is 4.83. The molecule has 0 aliphatic carbocycles. The molecule has 2 aromatic heterocycles. The third kappa shape index (κ3) is 4.22. The van der Waals surface area contributed by atoms with Gasteiger partial charge in [0.1, 0.15) is 11.5 Å². The van der Waals surface area contributed by atoms with Gasteiger partial charge in [0, 0.05) is 11.6 Å². The second kappa shape index (κ2) is 8.73. The van der Waals surface area contributed by atoms with Crippen molar-refractivity contribution < 1.29 is 9.47 Å². The van der Waals surface area contributed by atoms with Gasteiger partial charge in [-0.05, 0) is 61.5 Å². The molecule has 0 aliphatic heterocycles. The van der Waals surface area contributed by atoms with E-state index in [4.69, 9.17) is 26.7 Å². The van der Waals surface area contributed by atoms with Gasteiger partial charge in [-0.1, -0.05) is 32.0 Å². The first-order valence-corrected chi connectivity index (χ1v) is 10.5. The lowest BCUT2D eigenvalue weighted by Crippen LogP contribution is -2.15. The van der Waals surface area contributed by atoms with E-state index in [2.05, 4.69) is 5.10 Å². The summed E-state index contributed by atoms with van der Waals surface area (Å²) in [5.74, 6) is 1.58. The van der Waals surface area contributed by atoms with Gasteiger partial charge in [0.25, 0.3) is 5.56 Å². The molecule has 0 spiro atoms. The summed E-state index contributed by atoms with van der Waals surface area (Å²) >= 11 is 5.48. The minimum Gasteiger partial charge on any atom is -0.483 e. The quantitative estimate of drug-likeness (QED) is 0.417. The molecule has 4 rings (SSSR count). The lowest BCUT2D eigenvalue weighted by molar-refractivity contribution is 0.337. The molecule has 0 amide bonds. The Morgan fingerprint density at radius 1 is 1.10 bits per heavy atom. The number of aromatic nitrogens is 3. The van der Waals surface area contributed by atoms with Crippen molar-refractivity contribution in [2.75, 3.05) is 6.61 Å². The van der Waals surface area contributed by atoms with E-state index < -0.39 is 0 Å². The fraction of sp³-hybridized carbons (Fsp3) is 0.208. The summed E-state index contributed by atoms with van der Waals surface area (Å²) in [6, 6.07) is 18.5. The Labute approximate surface area is 185 Å². The van der Waals surface area contributed by atoms with E-state index in [1.807, 2.05) is 75.4 Å². The molecule has 0 fully saturated rings. The first kappa shape index (κ1) is 20.8. The highest BCUT2D eigenvalue weighted by Crippen LogP contribution is 2.27. The highest BCUT2D eigenvalue weighted by molar-refractivity contribution is 7.80. The van der Waals surface area contributed by atoms with E-state index in [1.165, 1.54) is 10.6 Å². The van der Waals surface area contributed by atoms with Crippen molar-refractivity contribution in [3.05, 3.63) is 82.3 Å². The number of hydrogen-bond acceptors (Lipinski definition) is 5. The van der Waals surface area contributed by atoms with E-state index in [1.54, 1.807) is 0 Å². The van der Waals surface area contributed by atoms with Crippen molar-refractivity contribution in [1.29, 1.82) is 0 Å². The molecule has 0 unspecified atom stereocenters. The average Bonchev–Trinajstić information content (AvgIpc) is 3.16. The van der Waals surface area contributed by atoms with Crippen molar-refractivity contribution in [3.63, 3.8) is 0 Å². The van der Waals surface area contributed by atoms with Gasteiger partial charge in [-0.2, -0.15) is 0 Å². The van der Waals surface area contributed by atoms with E-state index in [0.717, 1.165) is 17.0 Å². The molecule has 31 heavy (non-hydrogen) atoms. The van der Waals surface area contributed by atoms with Crippen molar-refractivity contribution in [3.8, 4) is 22.8 Å². The van der Waals surface area contributed by atoms with Gasteiger partial charge in [0.05, 0.1) is 23.6 Å². The molecule has 0 bridgehead atoms. The normalized spacial score (nSPS) is 11.1. The largest absolute Gasteiger partial charge is 0.483 e.